The lowest BCUT2D eigenvalue weighted by atomic mass is 9.95. The molecule has 3 atom stereocenters. The maximum atomic E-state index is 5.65. The second kappa shape index (κ2) is 5.69. The smallest absolute Gasteiger partial charge is 0.123 e. The molecule has 0 bridgehead atoms. The Kier molecular flexibility index (Phi) is 4.09. The molecule has 2 nitrogen and oxygen atoms in total. The molecule has 2 saturated carbocycles. The molecule has 0 aromatic heterocycles. The molecule has 3 heteroatoms. The summed E-state index contributed by atoms with van der Waals surface area (Å²) in [5, 5.41) is 3.71. The SMILES string of the molecule is CCNC(c1cc(Br)c(C)cc1OC)C1C2CCCC21. The normalized spacial score (nSPS) is 29.1. The predicted molar refractivity (Wildman–Crippen MR) is 86.2 cm³/mol. The van der Waals surface area contributed by atoms with E-state index in [0.717, 1.165) is 30.0 Å². The third-order valence-electron chi connectivity index (χ3n) is 5.13. The fourth-order valence-corrected chi connectivity index (χ4v) is 4.50. The van der Waals surface area contributed by atoms with Crippen LogP contribution in [0.25, 0.3) is 0 Å². The van der Waals surface area contributed by atoms with Crippen molar-refractivity contribution in [2.75, 3.05) is 13.7 Å². The maximum Gasteiger partial charge on any atom is 0.123 e. The number of nitrogens with one attached hydrogen (secondary N) is 1. The quantitative estimate of drug-likeness (QED) is 0.856. The second-order valence-electron chi connectivity index (χ2n) is 6.21. The highest BCUT2D eigenvalue weighted by Gasteiger charge is 2.56. The summed E-state index contributed by atoms with van der Waals surface area (Å²) < 4.78 is 6.83. The van der Waals surface area contributed by atoms with Crippen LogP contribution < -0.4 is 10.1 Å². The Labute approximate surface area is 130 Å². The number of aryl methyl sites for hydroxylation is 1. The van der Waals surface area contributed by atoms with Gasteiger partial charge in [-0.15, -0.1) is 0 Å². The van der Waals surface area contributed by atoms with E-state index in [4.69, 9.17) is 4.74 Å². The first-order chi connectivity index (χ1) is 9.67. The summed E-state index contributed by atoms with van der Waals surface area (Å²) in [7, 11) is 1.78. The van der Waals surface area contributed by atoms with Gasteiger partial charge in [-0.1, -0.05) is 29.3 Å². The second-order valence-corrected chi connectivity index (χ2v) is 7.07. The molecule has 1 N–H and O–H groups in total. The van der Waals surface area contributed by atoms with Gasteiger partial charge in [-0.3, -0.25) is 0 Å². The van der Waals surface area contributed by atoms with Gasteiger partial charge in [-0.05, 0) is 61.8 Å². The average molecular weight is 338 g/mol. The molecule has 1 aromatic rings. The Hall–Kier alpha value is -0.540. The van der Waals surface area contributed by atoms with E-state index in [1.807, 2.05) is 0 Å². The Bertz CT molecular complexity index is 492. The fourth-order valence-electron chi connectivity index (χ4n) is 4.13. The van der Waals surface area contributed by atoms with E-state index in [2.05, 4.69) is 47.2 Å². The third-order valence-corrected chi connectivity index (χ3v) is 5.98. The summed E-state index contributed by atoms with van der Waals surface area (Å²) in [6, 6.07) is 4.86. The molecule has 0 saturated heterocycles. The zero-order valence-corrected chi connectivity index (χ0v) is 14.2. The van der Waals surface area contributed by atoms with Crippen molar-refractivity contribution in [2.45, 2.75) is 39.2 Å². The standard InChI is InChI=1S/C17H24BrNO/c1-4-19-17(16-11-6-5-7-12(11)16)13-9-14(18)10(2)8-15(13)20-3/h8-9,11-12,16-17,19H,4-7H2,1-3H3. The van der Waals surface area contributed by atoms with Crippen LogP contribution in [0.15, 0.2) is 16.6 Å². The van der Waals surface area contributed by atoms with Gasteiger partial charge < -0.3 is 10.1 Å². The Balaban J connectivity index is 1.93. The van der Waals surface area contributed by atoms with Gasteiger partial charge in [-0.25, -0.2) is 0 Å². The summed E-state index contributed by atoms with van der Waals surface area (Å²) in [4.78, 5) is 0. The van der Waals surface area contributed by atoms with E-state index in [1.165, 1.54) is 34.9 Å². The summed E-state index contributed by atoms with van der Waals surface area (Å²) in [6.45, 7) is 5.32. The molecule has 1 aromatic carbocycles. The lowest BCUT2D eigenvalue weighted by Gasteiger charge is -2.23. The van der Waals surface area contributed by atoms with Crippen molar-refractivity contribution in [3.8, 4) is 5.75 Å². The minimum Gasteiger partial charge on any atom is -0.496 e. The first-order valence-electron chi connectivity index (χ1n) is 7.74. The van der Waals surface area contributed by atoms with E-state index in [0.29, 0.717) is 6.04 Å². The zero-order valence-electron chi connectivity index (χ0n) is 12.6. The monoisotopic (exact) mass is 337 g/mol. The molecule has 3 rings (SSSR count). The van der Waals surface area contributed by atoms with Crippen LogP contribution >= 0.6 is 15.9 Å². The molecule has 20 heavy (non-hydrogen) atoms. The first-order valence-corrected chi connectivity index (χ1v) is 8.54. The molecule has 2 aliphatic rings. The number of hydrogen-bond donors (Lipinski definition) is 1. The molecule has 0 amide bonds. The van der Waals surface area contributed by atoms with Crippen LogP contribution in [0.1, 0.15) is 43.4 Å². The van der Waals surface area contributed by atoms with Crippen molar-refractivity contribution in [3.63, 3.8) is 0 Å². The average Bonchev–Trinajstić information content (AvgIpc) is 2.90. The van der Waals surface area contributed by atoms with E-state index in [9.17, 15) is 0 Å². The van der Waals surface area contributed by atoms with E-state index >= 15 is 0 Å². The molecule has 0 heterocycles. The van der Waals surface area contributed by atoms with Crippen LogP contribution in [-0.2, 0) is 0 Å². The van der Waals surface area contributed by atoms with Gasteiger partial charge in [0, 0.05) is 16.1 Å². The predicted octanol–water partition coefficient (Wildman–Crippen LogP) is 4.46. The van der Waals surface area contributed by atoms with Crippen molar-refractivity contribution >= 4 is 15.9 Å². The number of rotatable bonds is 5. The van der Waals surface area contributed by atoms with E-state index in [1.54, 1.807) is 7.11 Å². The van der Waals surface area contributed by atoms with Gasteiger partial charge in [0.2, 0.25) is 0 Å². The van der Waals surface area contributed by atoms with Crippen molar-refractivity contribution in [1.82, 2.24) is 5.32 Å². The van der Waals surface area contributed by atoms with Gasteiger partial charge in [-0.2, -0.15) is 0 Å². The third kappa shape index (κ3) is 2.39. The molecule has 3 unspecified atom stereocenters. The van der Waals surface area contributed by atoms with Crippen LogP contribution in [-0.4, -0.2) is 13.7 Å². The van der Waals surface area contributed by atoms with Crippen LogP contribution in [0.2, 0.25) is 0 Å². The Morgan fingerprint density at radius 3 is 2.65 bits per heavy atom. The van der Waals surface area contributed by atoms with E-state index in [-0.39, 0.29) is 0 Å². The molecular weight excluding hydrogens is 314 g/mol. The summed E-state index contributed by atoms with van der Waals surface area (Å²) in [5.41, 5.74) is 2.56. The highest BCUT2D eigenvalue weighted by atomic mass is 79.9. The van der Waals surface area contributed by atoms with E-state index < -0.39 is 0 Å². The number of hydrogen-bond acceptors (Lipinski definition) is 2. The highest BCUT2D eigenvalue weighted by Crippen LogP contribution is 2.62. The molecule has 0 aliphatic heterocycles. The molecule has 2 fully saturated rings. The molecule has 0 spiro atoms. The Morgan fingerprint density at radius 2 is 2.05 bits per heavy atom. The topological polar surface area (TPSA) is 21.3 Å². The summed E-state index contributed by atoms with van der Waals surface area (Å²) in [5.74, 6) is 3.74. The van der Waals surface area contributed by atoms with Crippen molar-refractivity contribution in [3.05, 3.63) is 27.7 Å². The van der Waals surface area contributed by atoms with Crippen LogP contribution in [0.5, 0.6) is 5.75 Å². The number of fused-ring (bicyclic) bond motifs is 1. The van der Waals surface area contributed by atoms with Crippen LogP contribution in [0, 0.1) is 24.7 Å². The number of halogens is 1. The summed E-state index contributed by atoms with van der Waals surface area (Å²) >= 11 is 3.68. The molecule has 110 valence electrons. The van der Waals surface area contributed by atoms with Crippen molar-refractivity contribution < 1.29 is 4.74 Å². The van der Waals surface area contributed by atoms with Gasteiger partial charge in [0.15, 0.2) is 0 Å². The zero-order chi connectivity index (χ0) is 14.3. The van der Waals surface area contributed by atoms with Gasteiger partial charge in [0.1, 0.15) is 5.75 Å². The largest absolute Gasteiger partial charge is 0.496 e. The Morgan fingerprint density at radius 1 is 1.35 bits per heavy atom. The molecule has 0 radical (unpaired) electrons. The van der Waals surface area contributed by atoms with Crippen molar-refractivity contribution in [2.24, 2.45) is 17.8 Å². The summed E-state index contributed by atoms with van der Waals surface area (Å²) in [6.07, 6.45) is 4.28. The minimum atomic E-state index is 0.446. The first kappa shape index (κ1) is 14.4. The number of methoxy groups -OCH3 is 1. The van der Waals surface area contributed by atoms with Crippen LogP contribution in [0.4, 0.5) is 0 Å². The van der Waals surface area contributed by atoms with Gasteiger partial charge >= 0.3 is 0 Å². The van der Waals surface area contributed by atoms with Crippen LogP contribution in [0.3, 0.4) is 0 Å². The maximum absolute atomic E-state index is 5.65. The fraction of sp³-hybridized carbons (Fsp3) is 0.647. The highest BCUT2D eigenvalue weighted by molar-refractivity contribution is 9.10. The molecule has 2 aliphatic carbocycles. The van der Waals surface area contributed by atoms with Gasteiger partial charge in [0.25, 0.3) is 0 Å². The molecular formula is C17H24BrNO. The van der Waals surface area contributed by atoms with Crippen molar-refractivity contribution in [1.29, 1.82) is 0 Å². The number of ether oxygens (including phenoxy) is 1. The number of benzene rings is 1. The minimum absolute atomic E-state index is 0.446. The lowest BCUT2D eigenvalue weighted by molar-refractivity contribution is 0.377. The lowest BCUT2D eigenvalue weighted by Crippen LogP contribution is -2.25. The van der Waals surface area contributed by atoms with Gasteiger partial charge in [0.05, 0.1) is 7.11 Å².